The van der Waals surface area contributed by atoms with Gasteiger partial charge in [0.1, 0.15) is 12.2 Å². The summed E-state index contributed by atoms with van der Waals surface area (Å²) < 4.78 is 12.0. The van der Waals surface area contributed by atoms with E-state index >= 15 is 0 Å². The van der Waals surface area contributed by atoms with Crippen molar-refractivity contribution in [2.45, 2.75) is 77.4 Å². The van der Waals surface area contributed by atoms with Crippen LogP contribution < -0.4 is 0 Å². The van der Waals surface area contributed by atoms with Gasteiger partial charge in [-0.25, -0.2) is 0 Å². The van der Waals surface area contributed by atoms with E-state index in [1.54, 1.807) is 0 Å². The van der Waals surface area contributed by atoms with E-state index in [0.717, 1.165) is 37.7 Å². The normalized spacial score (nSPS) is 47.0. The van der Waals surface area contributed by atoms with E-state index in [4.69, 9.17) is 9.47 Å². The van der Waals surface area contributed by atoms with Crippen LogP contribution in [0.25, 0.3) is 0 Å². The van der Waals surface area contributed by atoms with E-state index in [-0.39, 0.29) is 28.5 Å². The molecule has 4 rings (SSSR count). The Kier molecular flexibility index (Phi) is 3.21. The van der Waals surface area contributed by atoms with E-state index < -0.39 is 11.2 Å². The fourth-order valence-corrected chi connectivity index (χ4v) is 6.42. The largest absolute Gasteiger partial charge is 0.463 e. The molecule has 2 spiro atoms. The standard InChI is InChI=1S/C20H28O4/c1-13-10-14(21)16-17(2,3)6-5-7-18(16,4)20(13)9-8-19(24-20)11-15(22)23-12-19/h10,16H,5-9,11-12H2,1-4H3/t16-,18+,19+,20+/m0/s1. The van der Waals surface area contributed by atoms with Crippen LogP contribution >= 0.6 is 0 Å². The minimum absolute atomic E-state index is 0.0179. The minimum atomic E-state index is -0.484. The molecule has 0 bridgehead atoms. The second-order valence-electron chi connectivity index (χ2n) is 9.37. The van der Waals surface area contributed by atoms with Gasteiger partial charge in [0, 0.05) is 11.3 Å². The van der Waals surface area contributed by atoms with Crippen LogP contribution in [-0.4, -0.2) is 29.6 Å². The average molecular weight is 332 g/mol. The highest BCUT2D eigenvalue weighted by atomic mass is 16.6. The topological polar surface area (TPSA) is 52.6 Å². The van der Waals surface area contributed by atoms with Crippen LogP contribution in [-0.2, 0) is 19.1 Å². The third-order valence-corrected chi connectivity index (χ3v) is 7.42. The second-order valence-corrected chi connectivity index (χ2v) is 9.37. The lowest BCUT2D eigenvalue weighted by molar-refractivity contribution is -0.193. The van der Waals surface area contributed by atoms with Crippen molar-refractivity contribution in [1.82, 2.24) is 0 Å². The first-order valence-electron chi connectivity index (χ1n) is 9.23. The first kappa shape index (κ1) is 16.3. The molecule has 4 heteroatoms. The fourth-order valence-electron chi connectivity index (χ4n) is 6.42. The smallest absolute Gasteiger partial charge is 0.308 e. The van der Waals surface area contributed by atoms with Gasteiger partial charge in [0.25, 0.3) is 0 Å². The number of rotatable bonds is 0. The first-order chi connectivity index (χ1) is 11.1. The van der Waals surface area contributed by atoms with Crippen LogP contribution in [0, 0.1) is 16.7 Å². The van der Waals surface area contributed by atoms with Crippen LogP contribution in [0.2, 0.25) is 0 Å². The zero-order chi connectivity index (χ0) is 17.4. The molecule has 1 saturated carbocycles. The molecule has 0 aromatic rings. The monoisotopic (exact) mass is 332 g/mol. The third kappa shape index (κ3) is 1.89. The summed E-state index contributed by atoms with van der Waals surface area (Å²) in [6.07, 6.45) is 7.09. The molecule has 2 aliphatic heterocycles. The first-order valence-corrected chi connectivity index (χ1v) is 9.23. The van der Waals surface area contributed by atoms with E-state index in [1.165, 1.54) is 0 Å². The molecule has 0 aromatic carbocycles. The van der Waals surface area contributed by atoms with E-state index in [1.807, 2.05) is 13.0 Å². The number of fused-ring (bicyclic) bond motifs is 2. The fraction of sp³-hybridized carbons (Fsp3) is 0.800. The molecule has 0 N–H and O–H groups in total. The maximum atomic E-state index is 13.0. The number of allylic oxidation sites excluding steroid dienone is 1. The van der Waals surface area contributed by atoms with E-state index in [2.05, 4.69) is 20.8 Å². The molecular formula is C20H28O4. The molecule has 4 nitrogen and oxygen atoms in total. The molecule has 24 heavy (non-hydrogen) atoms. The number of esters is 1. The Morgan fingerprint density at radius 2 is 1.83 bits per heavy atom. The maximum Gasteiger partial charge on any atom is 0.308 e. The SMILES string of the molecule is CC1=CC(=O)[C@H]2C(C)(C)CCC[C@@]2(C)[C@@]12CC[C@@]1(COC(=O)C1)O2. The molecule has 0 amide bonds. The minimum Gasteiger partial charge on any atom is -0.463 e. The van der Waals surface area contributed by atoms with Gasteiger partial charge in [0.15, 0.2) is 5.78 Å². The summed E-state index contributed by atoms with van der Waals surface area (Å²) in [6.45, 7) is 9.10. The zero-order valence-electron chi connectivity index (χ0n) is 15.2. The highest BCUT2D eigenvalue weighted by Gasteiger charge is 2.68. The van der Waals surface area contributed by atoms with E-state index in [9.17, 15) is 9.59 Å². The highest BCUT2D eigenvalue weighted by molar-refractivity contribution is 5.95. The molecule has 4 atom stereocenters. The molecule has 0 aromatic heterocycles. The highest BCUT2D eigenvalue weighted by Crippen LogP contribution is 2.65. The predicted molar refractivity (Wildman–Crippen MR) is 89.4 cm³/mol. The lowest BCUT2D eigenvalue weighted by Gasteiger charge is -2.60. The van der Waals surface area contributed by atoms with Crippen molar-refractivity contribution < 1.29 is 19.1 Å². The number of hydrogen-bond donors (Lipinski definition) is 0. The average Bonchev–Trinajstić information content (AvgIpc) is 3.01. The lowest BCUT2D eigenvalue weighted by atomic mass is 9.46. The van der Waals surface area contributed by atoms with Crippen molar-refractivity contribution in [3.8, 4) is 0 Å². The molecule has 2 saturated heterocycles. The summed E-state index contributed by atoms with van der Waals surface area (Å²) in [7, 11) is 0. The van der Waals surface area contributed by atoms with Gasteiger partial charge >= 0.3 is 5.97 Å². The van der Waals surface area contributed by atoms with Crippen LogP contribution in [0.5, 0.6) is 0 Å². The summed E-state index contributed by atoms with van der Waals surface area (Å²) in [4.78, 5) is 24.7. The van der Waals surface area contributed by atoms with Crippen LogP contribution in [0.4, 0.5) is 0 Å². The van der Waals surface area contributed by atoms with Crippen molar-refractivity contribution in [1.29, 1.82) is 0 Å². The van der Waals surface area contributed by atoms with Gasteiger partial charge in [-0.3, -0.25) is 9.59 Å². The van der Waals surface area contributed by atoms with Crippen molar-refractivity contribution in [2.24, 2.45) is 16.7 Å². The molecule has 132 valence electrons. The van der Waals surface area contributed by atoms with Crippen LogP contribution in [0.3, 0.4) is 0 Å². The van der Waals surface area contributed by atoms with Gasteiger partial charge in [0.05, 0.1) is 12.0 Å². The molecule has 2 aliphatic carbocycles. The summed E-state index contributed by atoms with van der Waals surface area (Å²) >= 11 is 0. The lowest BCUT2D eigenvalue weighted by Crippen LogP contribution is -2.62. The second kappa shape index (κ2) is 4.72. The van der Waals surface area contributed by atoms with Crippen molar-refractivity contribution in [3.05, 3.63) is 11.6 Å². The van der Waals surface area contributed by atoms with Crippen molar-refractivity contribution in [3.63, 3.8) is 0 Å². The van der Waals surface area contributed by atoms with Gasteiger partial charge in [-0.1, -0.05) is 27.2 Å². The summed E-state index contributed by atoms with van der Waals surface area (Å²) in [5.74, 6) is 0.0792. The number of cyclic esters (lactones) is 1. The zero-order valence-corrected chi connectivity index (χ0v) is 15.2. The van der Waals surface area contributed by atoms with Gasteiger partial charge in [-0.05, 0) is 49.7 Å². The Hall–Kier alpha value is -1.16. The molecule has 0 radical (unpaired) electrons. The quantitative estimate of drug-likeness (QED) is 0.636. The van der Waals surface area contributed by atoms with Crippen LogP contribution in [0.1, 0.15) is 66.2 Å². The van der Waals surface area contributed by atoms with E-state index in [0.29, 0.717) is 13.0 Å². The predicted octanol–water partition coefficient (Wildman–Crippen LogP) is 3.58. The molecular weight excluding hydrogens is 304 g/mol. The van der Waals surface area contributed by atoms with Crippen molar-refractivity contribution in [2.75, 3.05) is 6.61 Å². The van der Waals surface area contributed by atoms with Gasteiger partial charge < -0.3 is 9.47 Å². The molecule has 2 heterocycles. The third-order valence-electron chi connectivity index (χ3n) is 7.42. The maximum absolute atomic E-state index is 13.0. The Labute approximate surface area is 144 Å². The summed E-state index contributed by atoms with van der Waals surface area (Å²) in [6, 6.07) is 0. The number of ether oxygens (including phenoxy) is 2. The molecule has 4 aliphatic rings. The Balaban J connectivity index is 1.81. The summed E-state index contributed by atoms with van der Waals surface area (Å²) in [5, 5.41) is 0. The van der Waals surface area contributed by atoms with Gasteiger partial charge in [-0.15, -0.1) is 0 Å². The Bertz CT molecular complexity index is 648. The van der Waals surface area contributed by atoms with Crippen molar-refractivity contribution >= 4 is 11.8 Å². The Morgan fingerprint density at radius 1 is 1.08 bits per heavy atom. The molecule has 0 unspecified atom stereocenters. The van der Waals surface area contributed by atoms with Gasteiger partial charge in [0.2, 0.25) is 0 Å². The number of ketones is 1. The Morgan fingerprint density at radius 3 is 2.50 bits per heavy atom. The number of hydrogen-bond acceptors (Lipinski definition) is 4. The summed E-state index contributed by atoms with van der Waals surface area (Å²) in [5.41, 5.74) is -0.103. The van der Waals surface area contributed by atoms with Gasteiger partial charge in [-0.2, -0.15) is 0 Å². The number of carbonyl (C=O) groups excluding carboxylic acids is 2. The van der Waals surface area contributed by atoms with Crippen LogP contribution in [0.15, 0.2) is 11.6 Å². The number of carbonyl (C=O) groups is 2. The molecule has 3 fully saturated rings.